The van der Waals surface area contributed by atoms with E-state index in [9.17, 15) is 21.6 Å². The molecule has 14 heavy (non-hydrogen) atoms. The highest BCUT2D eigenvalue weighted by Gasteiger charge is 2.31. The molecule has 0 fully saturated rings. The van der Waals surface area contributed by atoms with Gasteiger partial charge in [0.2, 0.25) is 10.0 Å². The zero-order chi connectivity index (χ0) is 11.4. The first-order chi connectivity index (χ1) is 6.23. The summed E-state index contributed by atoms with van der Waals surface area (Å²) < 4.78 is 58.9. The molecule has 0 amide bonds. The lowest BCUT2D eigenvalue weighted by atomic mass is 10.3. The molecular weight excluding hydrogens is 221 g/mol. The van der Waals surface area contributed by atoms with Crippen molar-refractivity contribution in [3.05, 3.63) is 0 Å². The maximum atomic E-state index is 11.7. The Morgan fingerprint density at radius 2 is 1.93 bits per heavy atom. The van der Waals surface area contributed by atoms with E-state index in [0.29, 0.717) is 0 Å². The second-order valence-corrected chi connectivity index (χ2v) is 4.79. The van der Waals surface area contributed by atoms with Crippen molar-refractivity contribution in [2.75, 3.05) is 13.1 Å². The lowest BCUT2D eigenvalue weighted by Gasteiger charge is -2.15. The molecule has 4 nitrogen and oxygen atoms in total. The van der Waals surface area contributed by atoms with Crippen molar-refractivity contribution < 1.29 is 21.6 Å². The highest BCUT2D eigenvalue weighted by atomic mass is 32.2. The molecule has 0 aliphatic heterocycles. The third-order valence-corrected chi connectivity index (χ3v) is 3.58. The van der Waals surface area contributed by atoms with Crippen molar-refractivity contribution in [3.8, 4) is 0 Å². The molecule has 0 saturated carbocycles. The van der Waals surface area contributed by atoms with Gasteiger partial charge >= 0.3 is 6.18 Å². The van der Waals surface area contributed by atoms with Gasteiger partial charge in [0.05, 0.1) is 5.25 Å². The van der Waals surface area contributed by atoms with E-state index < -0.39 is 28.0 Å². The average Bonchev–Trinajstić information content (AvgIpc) is 2.02. The zero-order valence-electron chi connectivity index (χ0n) is 7.63. The first-order valence-corrected chi connectivity index (χ1v) is 5.53. The molecular formula is C6H13F3N2O2S. The van der Waals surface area contributed by atoms with Crippen molar-refractivity contribution in [2.45, 2.75) is 24.8 Å². The van der Waals surface area contributed by atoms with Crippen molar-refractivity contribution >= 4 is 10.0 Å². The normalized spacial score (nSPS) is 15.5. The summed E-state index contributed by atoms with van der Waals surface area (Å²) in [6, 6.07) is 0. The Bertz CT molecular complexity index is 259. The number of hydrogen-bond donors (Lipinski definition) is 2. The van der Waals surface area contributed by atoms with Crippen LogP contribution in [0.1, 0.15) is 13.3 Å². The summed E-state index contributed by atoms with van der Waals surface area (Å²) in [5.74, 6) is 0. The topological polar surface area (TPSA) is 72.2 Å². The van der Waals surface area contributed by atoms with Crippen LogP contribution in [-0.2, 0) is 10.0 Å². The number of rotatable bonds is 5. The summed E-state index contributed by atoms with van der Waals surface area (Å²) in [5, 5.41) is -0.968. The monoisotopic (exact) mass is 234 g/mol. The highest BCUT2D eigenvalue weighted by molar-refractivity contribution is 7.90. The van der Waals surface area contributed by atoms with Gasteiger partial charge in [-0.2, -0.15) is 13.2 Å². The van der Waals surface area contributed by atoms with Crippen molar-refractivity contribution in [3.63, 3.8) is 0 Å². The fraction of sp³-hybridized carbons (Fsp3) is 1.00. The Labute approximate surface area is 80.7 Å². The maximum Gasteiger partial charge on any atom is 0.402 e. The first-order valence-electron chi connectivity index (χ1n) is 3.98. The molecule has 0 heterocycles. The van der Waals surface area contributed by atoms with Crippen LogP contribution in [0.15, 0.2) is 0 Å². The van der Waals surface area contributed by atoms with Gasteiger partial charge in [0.1, 0.15) is 6.54 Å². The van der Waals surface area contributed by atoms with Gasteiger partial charge in [-0.05, 0) is 6.42 Å². The minimum Gasteiger partial charge on any atom is -0.329 e. The van der Waals surface area contributed by atoms with Gasteiger partial charge in [-0.15, -0.1) is 0 Å². The van der Waals surface area contributed by atoms with Crippen LogP contribution >= 0.6 is 0 Å². The molecule has 86 valence electrons. The van der Waals surface area contributed by atoms with Crippen molar-refractivity contribution in [1.29, 1.82) is 0 Å². The number of nitrogens with one attached hydrogen (secondary N) is 1. The molecule has 0 rings (SSSR count). The van der Waals surface area contributed by atoms with Crippen LogP contribution in [0, 0.1) is 0 Å². The number of alkyl halides is 3. The molecule has 1 unspecified atom stereocenters. The van der Waals surface area contributed by atoms with Crippen LogP contribution in [-0.4, -0.2) is 32.9 Å². The van der Waals surface area contributed by atoms with Crippen LogP contribution in [0.4, 0.5) is 13.2 Å². The summed E-state index contributed by atoms with van der Waals surface area (Å²) >= 11 is 0. The van der Waals surface area contributed by atoms with Gasteiger partial charge in [-0.1, -0.05) is 6.92 Å². The van der Waals surface area contributed by atoms with E-state index in [0.717, 1.165) is 0 Å². The number of hydrogen-bond acceptors (Lipinski definition) is 3. The zero-order valence-corrected chi connectivity index (χ0v) is 8.45. The van der Waals surface area contributed by atoms with E-state index >= 15 is 0 Å². The molecule has 0 aromatic rings. The molecule has 0 spiro atoms. The van der Waals surface area contributed by atoms with Gasteiger partial charge in [0.15, 0.2) is 0 Å². The van der Waals surface area contributed by atoms with Gasteiger partial charge in [0, 0.05) is 6.54 Å². The molecule has 0 aromatic carbocycles. The summed E-state index contributed by atoms with van der Waals surface area (Å²) in [7, 11) is -3.95. The van der Waals surface area contributed by atoms with E-state index in [1.165, 1.54) is 4.72 Å². The van der Waals surface area contributed by atoms with E-state index in [-0.39, 0.29) is 13.0 Å². The summed E-state index contributed by atoms with van der Waals surface area (Å²) in [6.45, 7) is -0.195. The molecule has 1 atom stereocenters. The van der Waals surface area contributed by atoms with Crippen LogP contribution in [0.5, 0.6) is 0 Å². The smallest absolute Gasteiger partial charge is 0.329 e. The molecule has 0 bridgehead atoms. The second kappa shape index (κ2) is 4.94. The lowest BCUT2D eigenvalue weighted by Crippen LogP contribution is -2.42. The molecule has 0 radical (unpaired) electrons. The highest BCUT2D eigenvalue weighted by Crippen LogP contribution is 2.13. The summed E-state index contributed by atoms with van der Waals surface area (Å²) in [6.07, 6.45) is -4.36. The van der Waals surface area contributed by atoms with Crippen LogP contribution < -0.4 is 10.5 Å². The summed E-state index contributed by atoms with van der Waals surface area (Å²) in [5.41, 5.74) is 5.11. The van der Waals surface area contributed by atoms with Crippen molar-refractivity contribution in [1.82, 2.24) is 4.72 Å². The SMILES string of the molecule is CCC(CN)S(=O)(=O)NCC(F)(F)F. The Morgan fingerprint density at radius 1 is 1.43 bits per heavy atom. The quantitative estimate of drug-likeness (QED) is 0.714. The predicted molar refractivity (Wildman–Crippen MR) is 46.1 cm³/mol. The summed E-state index contributed by atoms with van der Waals surface area (Å²) in [4.78, 5) is 0. The minimum absolute atomic E-state index is 0.184. The molecule has 0 saturated heterocycles. The molecule has 8 heteroatoms. The van der Waals surface area contributed by atoms with Crippen LogP contribution in [0.3, 0.4) is 0 Å². The Kier molecular flexibility index (Phi) is 4.82. The maximum absolute atomic E-state index is 11.7. The van der Waals surface area contributed by atoms with Gasteiger partial charge in [0.25, 0.3) is 0 Å². The largest absolute Gasteiger partial charge is 0.402 e. The fourth-order valence-electron chi connectivity index (χ4n) is 0.813. The second-order valence-electron chi connectivity index (χ2n) is 2.75. The van der Waals surface area contributed by atoms with Gasteiger partial charge in [-0.3, -0.25) is 0 Å². The standard InChI is InChI=1S/C6H13F3N2O2S/c1-2-5(3-10)14(12,13)11-4-6(7,8)9/h5,11H,2-4,10H2,1H3. The number of halogens is 3. The Morgan fingerprint density at radius 3 is 2.21 bits per heavy atom. The third-order valence-electron chi connectivity index (χ3n) is 1.63. The number of sulfonamides is 1. The molecule has 0 aromatic heterocycles. The van der Waals surface area contributed by atoms with E-state index in [1.807, 2.05) is 0 Å². The lowest BCUT2D eigenvalue weighted by molar-refractivity contribution is -0.121. The molecule has 3 N–H and O–H groups in total. The fourth-order valence-corrected chi connectivity index (χ4v) is 2.11. The third kappa shape index (κ3) is 4.77. The van der Waals surface area contributed by atoms with Crippen LogP contribution in [0.25, 0.3) is 0 Å². The van der Waals surface area contributed by atoms with E-state index in [2.05, 4.69) is 0 Å². The molecule has 0 aliphatic rings. The van der Waals surface area contributed by atoms with Gasteiger partial charge in [-0.25, -0.2) is 13.1 Å². The minimum atomic E-state index is -4.54. The van der Waals surface area contributed by atoms with E-state index in [1.54, 1.807) is 6.92 Å². The van der Waals surface area contributed by atoms with Crippen molar-refractivity contribution in [2.24, 2.45) is 5.73 Å². The Hall–Kier alpha value is -0.340. The first kappa shape index (κ1) is 13.7. The predicted octanol–water partition coefficient (Wildman–Crippen LogP) is 0.205. The van der Waals surface area contributed by atoms with Crippen LogP contribution in [0.2, 0.25) is 0 Å². The van der Waals surface area contributed by atoms with Gasteiger partial charge < -0.3 is 5.73 Å². The molecule has 0 aliphatic carbocycles. The number of nitrogens with two attached hydrogens (primary N) is 1. The Balaban J connectivity index is 4.35. The van der Waals surface area contributed by atoms with E-state index in [4.69, 9.17) is 5.73 Å². The average molecular weight is 234 g/mol.